The van der Waals surface area contributed by atoms with Gasteiger partial charge < -0.3 is 5.73 Å². The first-order chi connectivity index (χ1) is 6.55. The Labute approximate surface area is 87.8 Å². The second kappa shape index (κ2) is 3.37. The molecule has 0 aliphatic heterocycles. The molecule has 2 N–H and O–H groups in total. The van der Waals surface area contributed by atoms with E-state index in [2.05, 4.69) is 32.9 Å². The molecule has 0 aromatic rings. The maximum Gasteiger partial charge on any atom is 0.0284 e. The maximum atomic E-state index is 6.20. The van der Waals surface area contributed by atoms with E-state index in [0.29, 0.717) is 11.5 Å². The molecule has 2 rings (SSSR count). The fourth-order valence-electron chi connectivity index (χ4n) is 3.37. The molecular weight excluding hydrogens is 170 g/mol. The molecule has 0 heterocycles. The molecule has 1 saturated carbocycles. The van der Waals surface area contributed by atoms with Crippen LogP contribution in [0, 0.1) is 23.2 Å². The molecule has 0 saturated heterocycles. The lowest BCUT2D eigenvalue weighted by molar-refractivity contribution is 0.00149. The van der Waals surface area contributed by atoms with Crippen molar-refractivity contribution in [2.45, 2.75) is 46.1 Å². The molecule has 0 aromatic heterocycles. The number of rotatable bonds is 2. The van der Waals surface area contributed by atoms with Gasteiger partial charge in [0.15, 0.2) is 0 Å². The molecule has 2 aliphatic carbocycles. The van der Waals surface area contributed by atoms with E-state index < -0.39 is 0 Å². The molecule has 4 atom stereocenters. The lowest BCUT2D eigenvalue weighted by atomic mass is 9.55. The van der Waals surface area contributed by atoms with Crippen molar-refractivity contribution in [3.05, 3.63) is 12.2 Å². The Balaban J connectivity index is 2.08. The van der Waals surface area contributed by atoms with Crippen molar-refractivity contribution in [1.82, 2.24) is 0 Å². The number of nitrogens with two attached hydrogens (primary N) is 1. The maximum absolute atomic E-state index is 6.20. The molecule has 1 heteroatoms. The van der Waals surface area contributed by atoms with Crippen molar-refractivity contribution in [1.29, 1.82) is 0 Å². The first-order valence-corrected chi connectivity index (χ1v) is 5.98. The van der Waals surface area contributed by atoms with E-state index in [-0.39, 0.29) is 0 Å². The highest BCUT2D eigenvalue weighted by Crippen LogP contribution is 2.54. The lowest BCUT2D eigenvalue weighted by Crippen LogP contribution is -2.49. The standard InChI is InChI=1S/C13H23N/c1-9(2)10-6-7-11(10)13(3)8-4-5-12(13)14/h4-5,9-12H,6-8,14H2,1-3H3. The average molecular weight is 193 g/mol. The van der Waals surface area contributed by atoms with Gasteiger partial charge in [0.2, 0.25) is 0 Å². The van der Waals surface area contributed by atoms with Crippen LogP contribution in [0.2, 0.25) is 0 Å². The number of hydrogen-bond donors (Lipinski definition) is 1. The smallest absolute Gasteiger partial charge is 0.0284 e. The van der Waals surface area contributed by atoms with Gasteiger partial charge in [0.05, 0.1) is 0 Å². The van der Waals surface area contributed by atoms with Crippen LogP contribution in [-0.2, 0) is 0 Å². The van der Waals surface area contributed by atoms with Gasteiger partial charge in [0.25, 0.3) is 0 Å². The fraction of sp³-hybridized carbons (Fsp3) is 0.846. The predicted molar refractivity (Wildman–Crippen MR) is 60.9 cm³/mol. The molecule has 80 valence electrons. The van der Waals surface area contributed by atoms with Crippen LogP contribution in [0.25, 0.3) is 0 Å². The van der Waals surface area contributed by atoms with E-state index >= 15 is 0 Å². The zero-order valence-electron chi connectivity index (χ0n) is 9.66. The molecule has 0 amide bonds. The highest BCUT2D eigenvalue weighted by atomic mass is 14.7. The minimum absolute atomic E-state index is 0.300. The minimum atomic E-state index is 0.300. The van der Waals surface area contributed by atoms with Crippen LogP contribution in [0.1, 0.15) is 40.0 Å². The van der Waals surface area contributed by atoms with Gasteiger partial charge in [-0.1, -0.05) is 32.9 Å². The van der Waals surface area contributed by atoms with Crippen molar-refractivity contribution in [2.24, 2.45) is 28.9 Å². The molecule has 0 aromatic carbocycles. The monoisotopic (exact) mass is 193 g/mol. The summed E-state index contributed by atoms with van der Waals surface area (Å²) < 4.78 is 0. The summed E-state index contributed by atoms with van der Waals surface area (Å²) in [5, 5.41) is 0. The van der Waals surface area contributed by atoms with Crippen molar-refractivity contribution in [2.75, 3.05) is 0 Å². The molecule has 1 nitrogen and oxygen atoms in total. The Bertz CT molecular complexity index is 244. The third kappa shape index (κ3) is 1.33. The first kappa shape index (κ1) is 10.2. The third-order valence-corrected chi connectivity index (χ3v) is 4.69. The van der Waals surface area contributed by atoms with Crippen LogP contribution >= 0.6 is 0 Å². The van der Waals surface area contributed by atoms with E-state index in [4.69, 9.17) is 5.73 Å². The van der Waals surface area contributed by atoms with Crippen LogP contribution in [0.3, 0.4) is 0 Å². The predicted octanol–water partition coefficient (Wildman–Crippen LogP) is 2.96. The van der Waals surface area contributed by atoms with Crippen LogP contribution in [0.15, 0.2) is 12.2 Å². The van der Waals surface area contributed by atoms with Gasteiger partial charge in [-0.2, -0.15) is 0 Å². The lowest BCUT2D eigenvalue weighted by Gasteiger charge is -2.51. The molecule has 4 unspecified atom stereocenters. The zero-order chi connectivity index (χ0) is 10.3. The summed E-state index contributed by atoms with van der Waals surface area (Å²) in [4.78, 5) is 0. The second-order valence-corrected chi connectivity index (χ2v) is 5.76. The van der Waals surface area contributed by atoms with E-state index in [1.54, 1.807) is 0 Å². The summed E-state index contributed by atoms with van der Waals surface area (Å²) in [6, 6.07) is 0.300. The molecule has 1 fully saturated rings. The van der Waals surface area contributed by atoms with Gasteiger partial charge in [-0.15, -0.1) is 0 Å². The van der Waals surface area contributed by atoms with Gasteiger partial charge in [-0.05, 0) is 42.4 Å². The summed E-state index contributed by atoms with van der Waals surface area (Å²) >= 11 is 0. The van der Waals surface area contributed by atoms with Crippen LogP contribution in [-0.4, -0.2) is 6.04 Å². The number of hydrogen-bond acceptors (Lipinski definition) is 1. The van der Waals surface area contributed by atoms with Crippen molar-refractivity contribution >= 4 is 0 Å². The highest BCUT2D eigenvalue weighted by molar-refractivity contribution is 5.14. The largest absolute Gasteiger partial charge is 0.324 e. The van der Waals surface area contributed by atoms with Gasteiger partial charge in [-0.25, -0.2) is 0 Å². The van der Waals surface area contributed by atoms with E-state index in [9.17, 15) is 0 Å². The van der Waals surface area contributed by atoms with Gasteiger partial charge >= 0.3 is 0 Å². The second-order valence-electron chi connectivity index (χ2n) is 5.76. The van der Waals surface area contributed by atoms with Crippen molar-refractivity contribution in [3.63, 3.8) is 0 Å². The Kier molecular flexibility index (Phi) is 2.46. The summed E-state index contributed by atoms with van der Waals surface area (Å²) in [7, 11) is 0. The SMILES string of the molecule is CC(C)C1CCC1C1(C)CC=CC1N. The summed E-state index contributed by atoms with van der Waals surface area (Å²) in [6.45, 7) is 7.10. The van der Waals surface area contributed by atoms with E-state index in [0.717, 1.165) is 17.8 Å². The molecule has 14 heavy (non-hydrogen) atoms. The van der Waals surface area contributed by atoms with Crippen molar-refractivity contribution < 1.29 is 0 Å². The first-order valence-electron chi connectivity index (χ1n) is 5.98. The average Bonchev–Trinajstić information content (AvgIpc) is 2.28. The fourth-order valence-corrected chi connectivity index (χ4v) is 3.37. The van der Waals surface area contributed by atoms with Crippen LogP contribution < -0.4 is 5.73 Å². The van der Waals surface area contributed by atoms with E-state index in [1.165, 1.54) is 19.3 Å². The molecule has 0 spiro atoms. The normalized spacial score (nSPS) is 47.1. The van der Waals surface area contributed by atoms with Crippen LogP contribution in [0.5, 0.6) is 0 Å². The van der Waals surface area contributed by atoms with Crippen LogP contribution in [0.4, 0.5) is 0 Å². The summed E-state index contributed by atoms with van der Waals surface area (Å²) in [5.74, 6) is 2.62. The molecule has 2 aliphatic rings. The Hall–Kier alpha value is -0.300. The quantitative estimate of drug-likeness (QED) is 0.670. The highest BCUT2D eigenvalue weighted by Gasteiger charge is 2.48. The molecular formula is C13H23N. The number of allylic oxidation sites excluding steroid dienone is 1. The Morgan fingerprint density at radius 2 is 2.07 bits per heavy atom. The third-order valence-electron chi connectivity index (χ3n) is 4.69. The van der Waals surface area contributed by atoms with Gasteiger partial charge in [0, 0.05) is 6.04 Å². The Morgan fingerprint density at radius 1 is 1.36 bits per heavy atom. The summed E-state index contributed by atoms with van der Waals surface area (Å²) in [6.07, 6.45) is 8.50. The van der Waals surface area contributed by atoms with Gasteiger partial charge in [-0.3, -0.25) is 0 Å². The zero-order valence-corrected chi connectivity index (χ0v) is 9.66. The Morgan fingerprint density at radius 3 is 2.43 bits per heavy atom. The van der Waals surface area contributed by atoms with Crippen molar-refractivity contribution in [3.8, 4) is 0 Å². The minimum Gasteiger partial charge on any atom is -0.324 e. The molecule has 0 radical (unpaired) electrons. The van der Waals surface area contributed by atoms with E-state index in [1.807, 2.05) is 0 Å². The molecule has 0 bridgehead atoms. The topological polar surface area (TPSA) is 26.0 Å². The van der Waals surface area contributed by atoms with Gasteiger partial charge in [0.1, 0.15) is 0 Å². The summed E-state index contributed by atoms with van der Waals surface area (Å²) in [5.41, 5.74) is 6.57.